The van der Waals surface area contributed by atoms with Gasteiger partial charge in [0.15, 0.2) is 0 Å². The lowest BCUT2D eigenvalue weighted by molar-refractivity contribution is 0.307. The molecular formula is C25H19Cl2NO. The van der Waals surface area contributed by atoms with Crippen molar-refractivity contribution in [3.05, 3.63) is 106 Å². The number of nitrogens with zero attached hydrogens (tertiary/aromatic N) is 1. The maximum atomic E-state index is 6.20. The number of hydrogen-bond donors (Lipinski definition) is 0. The van der Waals surface area contributed by atoms with Gasteiger partial charge in [-0.1, -0.05) is 71.7 Å². The first-order valence-corrected chi connectivity index (χ1v) is 10.0. The van der Waals surface area contributed by atoms with Crippen LogP contribution in [0.25, 0.3) is 10.8 Å². The van der Waals surface area contributed by atoms with Crippen LogP contribution in [0.3, 0.4) is 0 Å². The Morgan fingerprint density at radius 1 is 0.897 bits per heavy atom. The summed E-state index contributed by atoms with van der Waals surface area (Å²) in [5, 5.41) is 3.71. The molecule has 144 valence electrons. The number of benzene rings is 4. The SMILES string of the molecule is Cc1ccc(N=Cc2cc(Cl)ccc2OCc2cccc3ccccc23)cc1Cl. The minimum Gasteiger partial charge on any atom is -0.488 e. The second kappa shape index (κ2) is 8.69. The summed E-state index contributed by atoms with van der Waals surface area (Å²) in [6, 6.07) is 25.8. The molecule has 0 bridgehead atoms. The molecule has 4 aromatic rings. The molecule has 0 spiro atoms. The number of aliphatic imine (C=N–C) groups is 1. The van der Waals surface area contributed by atoms with Crippen LogP contribution in [0.5, 0.6) is 5.75 Å². The van der Waals surface area contributed by atoms with Gasteiger partial charge in [0, 0.05) is 21.8 Å². The fraction of sp³-hybridized carbons (Fsp3) is 0.0800. The Morgan fingerprint density at radius 2 is 1.72 bits per heavy atom. The number of aryl methyl sites for hydroxylation is 1. The molecule has 0 aliphatic heterocycles. The Hall–Kier alpha value is -2.81. The van der Waals surface area contributed by atoms with E-state index in [2.05, 4.69) is 29.3 Å². The first-order chi connectivity index (χ1) is 14.1. The van der Waals surface area contributed by atoms with Gasteiger partial charge < -0.3 is 4.74 Å². The molecule has 0 amide bonds. The van der Waals surface area contributed by atoms with Gasteiger partial charge in [-0.3, -0.25) is 4.99 Å². The van der Waals surface area contributed by atoms with Crippen molar-refractivity contribution in [2.75, 3.05) is 0 Å². The molecule has 0 heterocycles. The minimum absolute atomic E-state index is 0.459. The lowest BCUT2D eigenvalue weighted by Gasteiger charge is -2.11. The summed E-state index contributed by atoms with van der Waals surface area (Å²) >= 11 is 12.4. The molecule has 0 aliphatic carbocycles. The molecule has 0 radical (unpaired) electrons. The molecule has 0 aromatic heterocycles. The molecule has 0 unspecified atom stereocenters. The smallest absolute Gasteiger partial charge is 0.128 e. The van der Waals surface area contributed by atoms with E-state index in [-0.39, 0.29) is 0 Å². The lowest BCUT2D eigenvalue weighted by Crippen LogP contribution is -1.99. The molecule has 4 heteroatoms. The molecule has 4 aromatic carbocycles. The van der Waals surface area contributed by atoms with Crippen LogP contribution < -0.4 is 4.74 Å². The van der Waals surface area contributed by atoms with Gasteiger partial charge >= 0.3 is 0 Å². The van der Waals surface area contributed by atoms with Gasteiger partial charge in [0.2, 0.25) is 0 Å². The van der Waals surface area contributed by atoms with Crippen molar-refractivity contribution < 1.29 is 4.74 Å². The van der Waals surface area contributed by atoms with Crippen LogP contribution in [0.2, 0.25) is 10.0 Å². The zero-order valence-corrected chi connectivity index (χ0v) is 17.4. The fourth-order valence-corrected chi connectivity index (χ4v) is 3.49. The molecule has 0 saturated heterocycles. The summed E-state index contributed by atoms with van der Waals surface area (Å²) in [5.41, 5.74) is 3.74. The van der Waals surface area contributed by atoms with E-state index in [4.69, 9.17) is 27.9 Å². The summed E-state index contributed by atoms with van der Waals surface area (Å²) < 4.78 is 6.14. The summed E-state index contributed by atoms with van der Waals surface area (Å²) in [6.07, 6.45) is 1.76. The highest BCUT2D eigenvalue weighted by atomic mass is 35.5. The van der Waals surface area contributed by atoms with Gasteiger partial charge in [0.05, 0.1) is 5.69 Å². The molecule has 0 fully saturated rings. The Balaban J connectivity index is 1.59. The molecule has 0 atom stereocenters. The van der Waals surface area contributed by atoms with Crippen LogP contribution in [-0.4, -0.2) is 6.21 Å². The highest BCUT2D eigenvalue weighted by Gasteiger charge is 2.06. The second-order valence-electron chi connectivity index (χ2n) is 6.80. The van der Waals surface area contributed by atoms with E-state index < -0.39 is 0 Å². The molecule has 4 rings (SSSR count). The van der Waals surface area contributed by atoms with Crippen LogP contribution in [-0.2, 0) is 6.61 Å². The first-order valence-electron chi connectivity index (χ1n) is 9.29. The average Bonchev–Trinajstić information content (AvgIpc) is 2.74. The quantitative estimate of drug-likeness (QED) is 0.302. The van der Waals surface area contributed by atoms with Gasteiger partial charge in [-0.2, -0.15) is 0 Å². The predicted molar refractivity (Wildman–Crippen MR) is 123 cm³/mol. The molecule has 29 heavy (non-hydrogen) atoms. The zero-order valence-electron chi connectivity index (χ0n) is 15.9. The molecule has 0 saturated carbocycles. The maximum Gasteiger partial charge on any atom is 0.128 e. The van der Waals surface area contributed by atoms with Crippen molar-refractivity contribution in [1.82, 2.24) is 0 Å². The van der Waals surface area contributed by atoms with Gasteiger partial charge in [0.25, 0.3) is 0 Å². The zero-order chi connectivity index (χ0) is 20.2. The molecule has 0 N–H and O–H groups in total. The monoisotopic (exact) mass is 419 g/mol. The van der Waals surface area contributed by atoms with Gasteiger partial charge in [-0.05, 0) is 59.2 Å². The predicted octanol–water partition coefficient (Wildman–Crippen LogP) is 7.78. The largest absolute Gasteiger partial charge is 0.488 e. The Morgan fingerprint density at radius 3 is 2.59 bits per heavy atom. The lowest BCUT2D eigenvalue weighted by atomic mass is 10.1. The summed E-state index contributed by atoms with van der Waals surface area (Å²) in [6.45, 7) is 2.42. The van der Waals surface area contributed by atoms with Crippen LogP contribution in [0, 0.1) is 6.92 Å². The van der Waals surface area contributed by atoms with Crippen LogP contribution in [0.1, 0.15) is 16.7 Å². The van der Waals surface area contributed by atoms with E-state index in [0.29, 0.717) is 16.7 Å². The number of rotatable bonds is 5. The minimum atomic E-state index is 0.459. The highest BCUT2D eigenvalue weighted by molar-refractivity contribution is 6.31. The maximum absolute atomic E-state index is 6.20. The van der Waals surface area contributed by atoms with Gasteiger partial charge in [-0.15, -0.1) is 0 Å². The third kappa shape index (κ3) is 4.61. The van der Waals surface area contributed by atoms with E-state index in [0.717, 1.165) is 28.1 Å². The standard InChI is InChI=1S/C25H19Cl2NO/c1-17-9-11-22(14-24(17)27)28-15-20-13-21(26)10-12-25(20)29-16-19-7-4-6-18-5-2-3-8-23(18)19/h2-15H,16H2,1H3. The Labute approximate surface area is 180 Å². The Bertz CT molecular complexity index is 1200. The van der Waals surface area contributed by atoms with Crippen LogP contribution >= 0.6 is 23.2 Å². The molecule has 0 aliphatic rings. The average molecular weight is 420 g/mol. The van der Waals surface area contributed by atoms with Crippen molar-refractivity contribution >= 4 is 45.9 Å². The van der Waals surface area contributed by atoms with Crippen molar-refractivity contribution in [3.8, 4) is 5.75 Å². The van der Waals surface area contributed by atoms with Crippen LogP contribution in [0.4, 0.5) is 5.69 Å². The molecule has 2 nitrogen and oxygen atoms in total. The number of ether oxygens (including phenoxy) is 1. The fourth-order valence-electron chi connectivity index (χ4n) is 3.13. The van der Waals surface area contributed by atoms with Crippen molar-refractivity contribution in [1.29, 1.82) is 0 Å². The Kier molecular flexibility index (Phi) is 5.84. The number of hydrogen-bond acceptors (Lipinski definition) is 2. The molecular weight excluding hydrogens is 401 g/mol. The third-order valence-corrected chi connectivity index (χ3v) is 5.39. The second-order valence-corrected chi connectivity index (χ2v) is 7.64. The summed E-state index contributed by atoms with van der Waals surface area (Å²) in [5.74, 6) is 0.726. The van der Waals surface area contributed by atoms with E-state index in [1.165, 1.54) is 10.8 Å². The summed E-state index contributed by atoms with van der Waals surface area (Å²) in [7, 11) is 0. The number of halogens is 2. The normalized spacial score (nSPS) is 11.3. The van der Waals surface area contributed by atoms with Crippen LogP contribution in [0.15, 0.2) is 83.9 Å². The summed E-state index contributed by atoms with van der Waals surface area (Å²) in [4.78, 5) is 4.54. The van der Waals surface area contributed by atoms with E-state index in [9.17, 15) is 0 Å². The van der Waals surface area contributed by atoms with E-state index >= 15 is 0 Å². The van der Waals surface area contributed by atoms with E-state index in [1.54, 1.807) is 6.21 Å². The first kappa shape index (κ1) is 19.5. The number of fused-ring (bicyclic) bond motifs is 1. The van der Waals surface area contributed by atoms with Crippen molar-refractivity contribution in [2.45, 2.75) is 13.5 Å². The topological polar surface area (TPSA) is 21.6 Å². The third-order valence-electron chi connectivity index (χ3n) is 4.74. The van der Waals surface area contributed by atoms with Crippen molar-refractivity contribution in [3.63, 3.8) is 0 Å². The highest BCUT2D eigenvalue weighted by Crippen LogP contribution is 2.26. The van der Waals surface area contributed by atoms with E-state index in [1.807, 2.05) is 61.5 Å². The van der Waals surface area contributed by atoms with Crippen molar-refractivity contribution in [2.24, 2.45) is 4.99 Å². The van der Waals surface area contributed by atoms with Gasteiger partial charge in [-0.25, -0.2) is 0 Å². The van der Waals surface area contributed by atoms with Gasteiger partial charge in [0.1, 0.15) is 12.4 Å².